The van der Waals surface area contributed by atoms with Gasteiger partial charge in [0.05, 0.1) is 29.5 Å². The van der Waals surface area contributed by atoms with E-state index >= 15 is 0 Å². The van der Waals surface area contributed by atoms with Crippen molar-refractivity contribution in [1.29, 1.82) is 0 Å². The van der Waals surface area contributed by atoms with Crippen molar-refractivity contribution in [2.75, 3.05) is 13.1 Å². The molecule has 0 spiro atoms. The van der Waals surface area contributed by atoms with Gasteiger partial charge in [0.15, 0.2) is 11.6 Å². The smallest absolute Gasteiger partial charge is 0.155 e. The first-order valence-corrected chi connectivity index (χ1v) is 8.74. The first-order valence-electron chi connectivity index (χ1n) is 8.74. The first kappa shape index (κ1) is 18.4. The quantitative estimate of drug-likeness (QED) is 0.848. The van der Waals surface area contributed by atoms with Crippen LogP contribution in [-0.4, -0.2) is 33.3 Å². The molecule has 0 radical (unpaired) electrons. The van der Waals surface area contributed by atoms with Gasteiger partial charge >= 0.3 is 0 Å². The van der Waals surface area contributed by atoms with Crippen molar-refractivity contribution in [1.82, 2.24) is 19.9 Å². The van der Waals surface area contributed by atoms with Crippen LogP contribution >= 0.6 is 0 Å². The van der Waals surface area contributed by atoms with Crippen LogP contribution in [0.1, 0.15) is 26.7 Å². The Balaban J connectivity index is 2.15. The fourth-order valence-corrected chi connectivity index (χ4v) is 3.15. The van der Waals surface area contributed by atoms with Gasteiger partial charge in [-0.2, -0.15) is 0 Å². The minimum atomic E-state index is -0.736. The lowest BCUT2D eigenvalue weighted by molar-refractivity contribution is 0.336. The van der Waals surface area contributed by atoms with Crippen LogP contribution in [0.25, 0.3) is 24.2 Å². The number of rotatable bonds is 4. The van der Waals surface area contributed by atoms with Crippen LogP contribution in [0.3, 0.4) is 0 Å². The summed E-state index contributed by atoms with van der Waals surface area (Å²) in [7, 11) is 0. The largest absolute Gasteiger partial charge is 0.324 e. The third kappa shape index (κ3) is 3.88. The Morgan fingerprint density at radius 2 is 2.12 bits per heavy atom. The molecule has 5 nitrogen and oxygen atoms in total. The Morgan fingerprint density at radius 3 is 2.73 bits per heavy atom. The molecule has 7 heteroatoms. The highest BCUT2D eigenvalue weighted by Crippen LogP contribution is 2.23. The van der Waals surface area contributed by atoms with E-state index in [1.165, 1.54) is 0 Å². The highest BCUT2D eigenvalue weighted by Gasteiger charge is 2.21. The summed E-state index contributed by atoms with van der Waals surface area (Å²) in [5.74, 6) is -0.887. The molecule has 0 amide bonds. The third-order valence-corrected chi connectivity index (χ3v) is 4.47. The van der Waals surface area contributed by atoms with E-state index in [1.54, 1.807) is 10.8 Å². The van der Waals surface area contributed by atoms with Crippen LogP contribution in [0, 0.1) is 17.6 Å². The van der Waals surface area contributed by atoms with E-state index in [0.717, 1.165) is 44.0 Å². The van der Waals surface area contributed by atoms with Gasteiger partial charge in [-0.25, -0.2) is 13.8 Å². The zero-order chi connectivity index (χ0) is 18.7. The Hall–Kier alpha value is -2.41. The normalized spacial score (nSPS) is 18.2. The summed E-state index contributed by atoms with van der Waals surface area (Å²) in [5.41, 5.74) is 0.684. The fraction of sp³-hybridized carbons (Fsp3) is 0.421. The second-order valence-corrected chi connectivity index (χ2v) is 6.77. The van der Waals surface area contributed by atoms with Gasteiger partial charge in [-0.15, -0.1) is 0 Å². The van der Waals surface area contributed by atoms with Crippen LogP contribution in [-0.2, 0) is 6.54 Å². The molecule has 0 aromatic carbocycles. The van der Waals surface area contributed by atoms with E-state index in [0.29, 0.717) is 23.2 Å². The van der Waals surface area contributed by atoms with Crippen molar-refractivity contribution >= 4 is 18.5 Å². The Kier molecular flexibility index (Phi) is 5.56. The summed E-state index contributed by atoms with van der Waals surface area (Å²) in [6, 6.07) is 0. The zero-order valence-corrected chi connectivity index (χ0v) is 15.1. The zero-order valence-electron chi connectivity index (χ0n) is 15.1. The number of piperidine rings is 1. The molecule has 0 bridgehead atoms. The predicted molar refractivity (Wildman–Crippen MR) is 99.0 cm³/mol. The van der Waals surface area contributed by atoms with Gasteiger partial charge in [0, 0.05) is 12.3 Å². The van der Waals surface area contributed by atoms with Gasteiger partial charge in [-0.1, -0.05) is 6.58 Å². The number of hydrogen-bond donors (Lipinski definition) is 1. The average Bonchev–Trinajstić information content (AvgIpc) is 2.90. The van der Waals surface area contributed by atoms with Gasteiger partial charge < -0.3 is 9.88 Å². The molecule has 0 unspecified atom stereocenters. The van der Waals surface area contributed by atoms with Crippen molar-refractivity contribution < 1.29 is 8.78 Å². The number of pyridine rings is 1. The Bertz CT molecular complexity index is 902. The van der Waals surface area contributed by atoms with Crippen LogP contribution in [0.15, 0.2) is 17.4 Å². The van der Waals surface area contributed by atoms with Crippen molar-refractivity contribution in [3.8, 4) is 11.4 Å². The molecule has 2 aromatic heterocycles. The Labute approximate surface area is 151 Å². The molecule has 1 fully saturated rings. The highest BCUT2D eigenvalue weighted by molar-refractivity contribution is 5.81. The summed E-state index contributed by atoms with van der Waals surface area (Å²) >= 11 is 0. The van der Waals surface area contributed by atoms with Crippen LogP contribution in [0.2, 0.25) is 0 Å². The predicted octanol–water partition coefficient (Wildman–Crippen LogP) is 1.85. The lowest BCUT2D eigenvalue weighted by atomic mass is 9.99. The molecule has 3 heterocycles. The van der Waals surface area contributed by atoms with Crippen molar-refractivity contribution in [2.24, 2.45) is 10.9 Å². The monoisotopic (exact) mass is 359 g/mol. The fourth-order valence-electron chi connectivity index (χ4n) is 3.15. The van der Waals surface area contributed by atoms with E-state index in [-0.39, 0.29) is 11.4 Å². The van der Waals surface area contributed by atoms with Crippen molar-refractivity contribution in [3.63, 3.8) is 0 Å². The van der Waals surface area contributed by atoms with E-state index in [4.69, 9.17) is 0 Å². The summed E-state index contributed by atoms with van der Waals surface area (Å²) < 4.78 is 30.4. The van der Waals surface area contributed by atoms with Gasteiger partial charge in [-0.05, 0) is 45.7 Å². The van der Waals surface area contributed by atoms with Crippen LogP contribution < -0.4 is 16.0 Å². The second-order valence-electron chi connectivity index (χ2n) is 6.77. The molecule has 1 saturated heterocycles. The molecular formula is C19H23F2N5. The minimum Gasteiger partial charge on any atom is -0.324 e. The Morgan fingerprint density at radius 1 is 1.38 bits per heavy atom. The maximum Gasteiger partial charge on any atom is 0.155 e. The molecule has 26 heavy (non-hydrogen) atoms. The number of aromatic nitrogens is 3. The minimum absolute atomic E-state index is 0.175. The highest BCUT2D eigenvalue weighted by atomic mass is 19.1. The molecule has 1 N–H and O–H groups in total. The van der Waals surface area contributed by atoms with Crippen LogP contribution in [0.4, 0.5) is 8.78 Å². The first-order chi connectivity index (χ1) is 12.5. The molecule has 1 atom stereocenters. The number of hydrogen-bond acceptors (Lipinski definition) is 4. The maximum atomic E-state index is 14.3. The summed E-state index contributed by atoms with van der Waals surface area (Å²) in [6.45, 7) is 10.3. The number of nitrogens with one attached hydrogen (secondary N) is 1. The molecule has 1 aliphatic rings. The van der Waals surface area contributed by atoms with Crippen molar-refractivity contribution in [2.45, 2.75) is 33.2 Å². The summed E-state index contributed by atoms with van der Waals surface area (Å²) in [4.78, 5) is 12.3. The molecule has 0 aliphatic carbocycles. The van der Waals surface area contributed by atoms with Crippen LogP contribution in [0.5, 0.6) is 0 Å². The summed E-state index contributed by atoms with van der Waals surface area (Å²) in [5, 5.41) is 4.48. The third-order valence-electron chi connectivity index (χ3n) is 4.47. The van der Waals surface area contributed by atoms with Gasteiger partial charge in [0.25, 0.3) is 0 Å². The SMILES string of the molecule is C=c1/c(=C\N=C(C)C)nc(-c2c(F)cncc2F)n1C[C@H]1CCCNC1. The van der Waals surface area contributed by atoms with E-state index in [1.807, 2.05) is 13.8 Å². The lowest BCUT2D eigenvalue weighted by Crippen LogP contribution is -2.36. The molecular weight excluding hydrogens is 336 g/mol. The lowest BCUT2D eigenvalue weighted by Gasteiger charge is -2.24. The van der Waals surface area contributed by atoms with Gasteiger partial charge in [0.2, 0.25) is 0 Å². The summed E-state index contributed by atoms with van der Waals surface area (Å²) in [6.07, 6.45) is 5.72. The topological polar surface area (TPSA) is 55.1 Å². The molecule has 0 saturated carbocycles. The molecule has 3 rings (SSSR count). The standard InChI is InChI=1S/C19H23F2N5/c1-12(2)24-10-17-13(3)26(11-14-5-4-6-22-7-14)19(25-17)18-15(20)8-23-9-16(18)21/h8-10,14,22H,3-7,11H2,1-2H3/b17-10+/t14-/m0/s1. The number of aliphatic imine (C=N–C) groups is 1. The number of imidazole rings is 1. The average molecular weight is 359 g/mol. The molecule has 1 aliphatic heterocycles. The van der Waals surface area contributed by atoms with Gasteiger partial charge in [-0.3, -0.25) is 9.98 Å². The second kappa shape index (κ2) is 7.86. The van der Waals surface area contributed by atoms with Gasteiger partial charge in [0.1, 0.15) is 11.2 Å². The van der Waals surface area contributed by atoms with Crippen molar-refractivity contribution in [3.05, 3.63) is 34.7 Å². The number of halogens is 2. The number of nitrogens with zero attached hydrogens (tertiary/aromatic N) is 4. The maximum absolute atomic E-state index is 14.3. The van der Waals surface area contributed by atoms with E-state index in [9.17, 15) is 8.78 Å². The molecule has 2 aromatic rings. The van der Waals surface area contributed by atoms with E-state index < -0.39 is 11.6 Å². The van der Waals surface area contributed by atoms with E-state index in [2.05, 4.69) is 26.9 Å². The molecule has 138 valence electrons.